The van der Waals surface area contributed by atoms with Crippen molar-refractivity contribution in [2.45, 2.75) is 6.92 Å². The summed E-state index contributed by atoms with van der Waals surface area (Å²) in [4.78, 5) is 10.5. The van der Waals surface area contributed by atoms with Crippen LogP contribution in [0.2, 0.25) is 0 Å². The zero-order valence-corrected chi connectivity index (χ0v) is 13.3. The van der Waals surface area contributed by atoms with Crippen molar-refractivity contribution in [1.29, 1.82) is 0 Å². The zero-order valence-electron chi connectivity index (χ0n) is 11.7. The molecule has 0 aliphatic rings. The molecule has 2 aromatic rings. The highest BCUT2D eigenvalue weighted by atomic mass is 79.9. The predicted molar refractivity (Wildman–Crippen MR) is 85.0 cm³/mol. The van der Waals surface area contributed by atoms with Crippen LogP contribution in [0.5, 0.6) is 5.75 Å². The van der Waals surface area contributed by atoms with Crippen LogP contribution in [0.1, 0.15) is 6.92 Å². The van der Waals surface area contributed by atoms with Crippen molar-refractivity contribution >= 4 is 33.3 Å². The van der Waals surface area contributed by atoms with Gasteiger partial charge < -0.3 is 15.0 Å². The van der Waals surface area contributed by atoms with Crippen molar-refractivity contribution in [2.24, 2.45) is 0 Å². The molecule has 0 bridgehead atoms. The van der Waals surface area contributed by atoms with Gasteiger partial charge in [0.05, 0.1) is 12.8 Å². The molecule has 6 heteroatoms. The number of aromatic nitrogens is 2. The number of hydrogen-bond donors (Lipinski definition) is 1. The normalized spacial score (nSPS) is 10.2. The minimum atomic E-state index is 0.777. The second-order valence-corrected chi connectivity index (χ2v) is 4.91. The van der Waals surface area contributed by atoms with Crippen molar-refractivity contribution in [2.75, 3.05) is 30.9 Å². The van der Waals surface area contributed by atoms with Crippen LogP contribution in [-0.4, -0.2) is 30.7 Å². The van der Waals surface area contributed by atoms with E-state index < -0.39 is 0 Å². The molecule has 5 nitrogen and oxygen atoms in total. The maximum absolute atomic E-state index is 5.39. The molecule has 0 aliphatic carbocycles. The Morgan fingerprint density at radius 1 is 1.30 bits per heavy atom. The second kappa shape index (κ2) is 6.56. The number of methoxy groups -OCH3 is 1. The summed E-state index contributed by atoms with van der Waals surface area (Å²) in [6.07, 6.45) is 1.55. The SMILES string of the molecule is CCNc1ncnc(N(C)c2ccccc2OC)c1Br. The summed E-state index contributed by atoms with van der Waals surface area (Å²) >= 11 is 3.56. The van der Waals surface area contributed by atoms with Crippen LogP contribution in [0.3, 0.4) is 0 Å². The Labute approximate surface area is 127 Å². The molecule has 0 unspecified atom stereocenters. The zero-order chi connectivity index (χ0) is 14.5. The maximum Gasteiger partial charge on any atom is 0.152 e. The Morgan fingerprint density at radius 2 is 2.05 bits per heavy atom. The number of nitrogens with one attached hydrogen (secondary N) is 1. The van der Waals surface area contributed by atoms with Gasteiger partial charge in [0.15, 0.2) is 5.82 Å². The molecular weight excluding hydrogens is 320 g/mol. The van der Waals surface area contributed by atoms with E-state index in [-0.39, 0.29) is 0 Å². The van der Waals surface area contributed by atoms with Gasteiger partial charge in [-0.3, -0.25) is 0 Å². The van der Waals surface area contributed by atoms with E-state index in [0.717, 1.165) is 34.1 Å². The van der Waals surface area contributed by atoms with Gasteiger partial charge in [0.25, 0.3) is 0 Å². The van der Waals surface area contributed by atoms with Gasteiger partial charge in [-0.2, -0.15) is 0 Å². The van der Waals surface area contributed by atoms with Crippen LogP contribution >= 0.6 is 15.9 Å². The molecule has 0 radical (unpaired) electrons. The van der Waals surface area contributed by atoms with Gasteiger partial charge in [0.1, 0.15) is 22.4 Å². The molecule has 1 heterocycles. The number of benzene rings is 1. The Hall–Kier alpha value is -1.82. The van der Waals surface area contributed by atoms with E-state index in [1.54, 1.807) is 13.4 Å². The molecule has 1 aromatic carbocycles. The first-order valence-electron chi connectivity index (χ1n) is 6.30. The average Bonchev–Trinajstić information content (AvgIpc) is 2.49. The first kappa shape index (κ1) is 14.6. The van der Waals surface area contributed by atoms with E-state index in [4.69, 9.17) is 4.74 Å². The molecule has 20 heavy (non-hydrogen) atoms. The highest BCUT2D eigenvalue weighted by Crippen LogP contribution is 2.36. The summed E-state index contributed by atoms with van der Waals surface area (Å²) in [7, 11) is 3.60. The summed E-state index contributed by atoms with van der Waals surface area (Å²) in [5.41, 5.74) is 0.942. The van der Waals surface area contributed by atoms with Crippen molar-refractivity contribution in [3.8, 4) is 5.75 Å². The Kier molecular flexibility index (Phi) is 4.79. The molecule has 1 aromatic heterocycles. The van der Waals surface area contributed by atoms with Crippen molar-refractivity contribution < 1.29 is 4.74 Å². The van der Waals surface area contributed by atoms with E-state index in [9.17, 15) is 0 Å². The highest BCUT2D eigenvalue weighted by molar-refractivity contribution is 9.10. The lowest BCUT2D eigenvalue weighted by atomic mass is 10.2. The Balaban J connectivity index is 2.43. The van der Waals surface area contributed by atoms with E-state index in [0.29, 0.717) is 0 Å². The maximum atomic E-state index is 5.39. The smallest absolute Gasteiger partial charge is 0.152 e. The molecule has 1 N–H and O–H groups in total. The van der Waals surface area contributed by atoms with Crippen molar-refractivity contribution in [3.05, 3.63) is 35.1 Å². The minimum Gasteiger partial charge on any atom is -0.495 e. The molecular formula is C14H17BrN4O. The third-order valence-electron chi connectivity index (χ3n) is 2.88. The van der Waals surface area contributed by atoms with Gasteiger partial charge >= 0.3 is 0 Å². The lowest BCUT2D eigenvalue weighted by molar-refractivity contribution is 0.415. The average molecular weight is 337 g/mol. The fraction of sp³-hybridized carbons (Fsp3) is 0.286. The summed E-state index contributed by atoms with van der Waals surface area (Å²) in [5.74, 6) is 2.35. The van der Waals surface area contributed by atoms with Gasteiger partial charge in [0, 0.05) is 13.6 Å². The summed E-state index contributed by atoms with van der Waals surface area (Å²) < 4.78 is 6.22. The standard InChI is InChI=1S/C14H17BrN4O/c1-4-16-13-12(15)14(18-9-17-13)19(2)10-7-5-6-8-11(10)20-3/h5-9H,4H2,1-3H3,(H,16,17,18). The summed E-state index contributed by atoms with van der Waals surface area (Å²) in [5, 5.41) is 3.20. The number of hydrogen-bond acceptors (Lipinski definition) is 5. The Morgan fingerprint density at radius 3 is 2.75 bits per heavy atom. The highest BCUT2D eigenvalue weighted by Gasteiger charge is 2.16. The van der Waals surface area contributed by atoms with Crippen LogP contribution in [0.4, 0.5) is 17.3 Å². The number of nitrogens with zero attached hydrogens (tertiary/aromatic N) is 3. The van der Waals surface area contributed by atoms with Crippen molar-refractivity contribution in [3.63, 3.8) is 0 Å². The quantitative estimate of drug-likeness (QED) is 0.906. The van der Waals surface area contributed by atoms with Gasteiger partial charge in [0.2, 0.25) is 0 Å². The fourth-order valence-corrected chi connectivity index (χ4v) is 2.52. The molecule has 2 rings (SSSR count). The molecule has 0 spiro atoms. The molecule has 0 aliphatic heterocycles. The third kappa shape index (κ3) is 2.85. The number of halogens is 1. The summed E-state index contributed by atoms with van der Waals surface area (Å²) in [6.45, 7) is 2.82. The van der Waals surface area contributed by atoms with E-state index in [2.05, 4.69) is 31.2 Å². The largest absolute Gasteiger partial charge is 0.495 e. The van der Waals surface area contributed by atoms with E-state index in [1.807, 2.05) is 43.1 Å². The first-order chi connectivity index (χ1) is 9.69. The van der Waals surface area contributed by atoms with Crippen molar-refractivity contribution in [1.82, 2.24) is 9.97 Å². The molecule has 0 fully saturated rings. The van der Waals surface area contributed by atoms with Crippen LogP contribution in [-0.2, 0) is 0 Å². The predicted octanol–water partition coefficient (Wildman–Crippen LogP) is 3.45. The first-order valence-corrected chi connectivity index (χ1v) is 7.09. The molecule has 0 amide bonds. The lowest BCUT2D eigenvalue weighted by Gasteiger charge is -2.22. The molecule has 0 atom stereocenters. The molecule has 0 saturated carbocycles. The van der Waals surface area contributed by atoms with E-state index in [1.165, 1.54) is 0 Å². The number of anilines is 3. The number of para-hydroxylation sites is 2. The fourth-order valence-electron chi connectivity index (χ4n) is 1.91. The minimum absolute atomic E-state index is 0.777. The number of ether oxygens (including phenoxy) is 1. The van der Waals surface area contributed by atoms with Gasteiger partial charge in [-0.25, -0.2) is 9.97 Å². The molecule has 106 valence electrons. The molecule has 0 saturated heterocycles. The van der Waals surface area contributed by atoms with Gasteiger partial charge in [-0.1, -0.05) is 12.1 Å². The van der Waals surface area contributed by atoms with Gasteiger partial charge in [-0.15, -0.1) is 0 Å². The third-order valence-corrected chi connectivity index (χ3v) is 3.61. The second-order valence-electron chi connectivity index (χ2n) is 4.12. The lowest BCUT2D eigenvalue weighted by Crippen LogP contribution is -2.14. The van der Waals surface area contributed by atoms with E-state index >= 15 is 0 Å². The Bertz CT molecular complexity index is 591. The van der Waals surface area contributed by atoms with Crippen LogP contribution < -0.4 is 15.0 Å². The number of rotatable bonds is 5. The van der Waals surface area contributed by atoms with Crippen LogP contribution in [0, 0.1) is 0 Å². The van der Waals surface area contributed by atoms with Crippen LogP contribution in [0.25, 0.3) is 0 Å². The topological polar surface area (TPSA) is 50.3 Å². The summed E-state index contributed by atoms with van der Waals surface area (Å²) in [6, 6.07) is 7.82. The van der Waals surface area contributed by atoms with Crippen LogP contribution in [0.15, 0.2) is 35.1 Å². The monoisotopic (exact) mass is 336 g/mol. The van der Waals surface area contributed by atoms with Gasteiger partial charge in [-0.05, 0) is 35.0 Å².